The molecule has 0 bridgehead atoms. The van der Waals surface area contributed by atoms with Crippen LogP contribution in [0.25, 0.3) is 0 Å². The lowest BCUT2D eigenvalue weighted by Gasteiger charge is -2.01. The van der Waals surface area contributed by atoms with Crippen LogP contribution in [0.3, 0.4) is 0 Å². The molecule has 5 nitrogen and oxygen atoms in total. The van der Waals surface area contributed by atoms with Gasteiger partial charge in [0.05, 0.1) is 6.20 Å². The van der Waals surface area contributed by atoms with Gasteiger partial charge in [0, 0.05) is 30.7 Å². The van der Waals surface area contributed by atoms with E-state index >= 15 is 0 Å². The third kappa shape index (κ3) is 3.31. The standard InChI is InChI=1S/C10H9F3N4OS/c1-17-4-6(3-15-17)2-14-8(18)7-5-19-9(16-7)10(11,12)13/h3-5H,2H2,1H3,(H,14,18). The lowest BCUT2D eigenvalue weighted by Crippen LogP contribution is -2.23. The Balaban J connectivity index is 1.98. The van der Waals surface area contributed by atoms with Crippen LogP contribution < -0.4 is 5.32 Å². The molecule has 0 spiro atoms. The summed E-state index contributed by atoms with van der Waals surface area (Å²) in [4.78, 5) is 14.9. The normalized spacial score (nSPS) is 11.6. The number of hydrogen-bond donors (Lipinski definition) is 1. The van der Waals surface area contributed by atoms with E-state index in [0.717, 1.165) is 10.9 Å². The van der Waals surface area contributed by atoms with Gasteiger partial charge in [0.15, 0.2) is 5.01 Å². The summed E-state index contributed by atoms with van der Waals surface area (Å²) >= 11 is 0.397. The molecule has 1 amide bonds. The molecule has 0 aromatic carbocycles. The van der Waals surface area contributed by atoms with E-state index in [1.165, 1.54) is 0 Å². The molecule has 0 aliphatic heterocycles. The van der Waals surface area contributed by atoms with Crippen molar-refractivity contribution in [2.75, 3.05) is 0 Å². The zero-order valence-corrected chi connectivity index (χ0v) is 10.5. The summed E-state index contributed by atoms with van der Waals surface area (Å²) in [7, 11) is 1.72. The van der Waals surface area contributed by atoms with Crippen LogP contribution in [0.1, 0.15) is 21.1 Å². The molecule has 0 atom stereocenters. The minimum absolute atomic E-state index is 0.186. The third-order valence-electron chi connectivity index (χ3n) is 2.19. The van der Waals surface area contributed by atoms with Crippen molar-refractivity contribution >= 4 is 17.2 Å². The number of aromatic nitrogens is 3. The van der Waals surface area contributed by atoms with Crippen molar-refractivity contribution in [3.05, 3.63) is 34.0 Å². The van der Waals surface area contributed by atoms with E-state index in [1.54, 1.807) is 24.1 Å². The lowest BCUT2D eigenvalue weighted by molar-refractivity contribution is -0.137. The molecule has 19 heavy (non-hydrogen) atoms. The fraction of sp³-hybridized carbons (Fsp3) is 0.300. The largest absolute Gasteiger partial charge is 0.443 e. The Morgan fingerprint density at radius 3 is 2.79 bits per heavy atom. The highest BCUT2D eigenvalue weighted by atomic mass is 32.1. The molecule has 2 aromatic heterocycles. The highest BCUT2D eigenvalue weighted by molar-refractivity contribution is 7.09. The van der Waals surface area contributed by atoms with E-state index in [4.69, 9.17) is 0 Å². The summed E-state index contributed by atoms with van der Waals surface area (Å²) in [5.41, 5.74) is 0.517. The summed E-state index contributed by atoms with van der Waals surface area (Å²) < 4.78 is 38.5. The monoisotopic (exact) mass is 290 g/mol. The Morgan fingerprint density at radius 2 is 2.26 bits per heavy atom. The first-order chi connectivity index (χ1) is 8.86. The lowest BCUT2D eigenvalue weighted by atomic mass is 10.3. The minimum Gasteiger partial charge on any atom is -0.346 e. The first-order valence-electron chi connectivity index (χ1n) is 5.14. The highest BCUT2D eigenvalue weighted by Crippen LogP contribution is 2.31. The highest BCUT2D eigenvalue weighted by Gasteiger charge is 2.35. The number of nitrogens with zero attached hydrogens (tertiary/aromatic N) is 3. The van der Waals surface area contributed by atoms with Crippen molar-refractivity contribution in [3.8, 4) is 0 Å². The van der Waals surface area contributed by atoms with Crippen LogP contribution in [-0.4, -0.2) is 20.7 Å². The number of alkyl halides is 3. The Morgan fingerprint density at radius 1 is 1.53 bits per heavy atom. The van der Waals surface area contributed by atoms with E-state index in [-0.39, 0.29) is 12.2 Å². The zero-order chi connectivity index (χ0) is 14.0. The quantitative estimate of drug-likeness (QED) is 0.938. The van der Waals surface area contributed by atoms with Crippen molar-refractivity contribution in [1.82, 2.24) is 20.1 Å². The molecular formula is C10H9F3N4OS. The summed E-state index contributed by atoms with van der Waals surface area (Å²) in [6, 6.07) is 0. The average Bonchev–Trinajstić information content (AvgIpc) is 2.93. The SMILES string of the molecule is Cn1cc(CNC(=O)c2csc(C(F)(F)F)n2)cn1. The Bertz CT molecular complexity index is 590. The molecule has 1 N–H and O–H groups in total. The van der Waals surface area contributed by atoms with Gasteiger partial charge in [0.1, 0.15) is 5.69 Å². The maximum Gasteiger partial charge on any atom is 0.443 e. The molecule has 0 aliphatic carbocycles. The number of amides is 1. The molecule has 0 saturated carbocycles. The van der Waals surface area contributed by atoms with Crippen molar-refractivity contribution in [2.24, 2.45) is 7.05 Å². The average molecular weight is 290 g/mol. The first-order valence-corrected chi connectivity index (χ1v) is 6.02. The van der Waals surface area contributed by atoms with Gasteiger partial charge < -0.3 is 5.32 Å². The zero-order valence-electron chi connectivity index (χ0n) is 9.73. The maximum absolute atomic E-state index is 12.3. The summed E-state index contributed by atoms with van der Waals surface area (Å²) in [6.45, 7) is 0.186. The van der Waals surface area contributed by atoms with Crippen LogP contribution in [0.4, 0.5) is 13.2 Å². The second kappa shape index (κ2) is 5.00. The molecule has 2 heterocycles. The number of hydrogen-bond acceptors (Lipinski definition) is 4. The molecule has 2 aromatic rings. The van der Waals surface area contributed by atoms with Crippen molar-refractivity contribution in [1.29, 1.82) is 0 Å². The van der Waals surface area contributed by atoms with E-state index in [9.17, 15) is 18.0 Å². The third-order valence-corrected chi connectivity index (χ3v) is 3.08. The smallest absolute Gasteiger partial charge is 0.346 e. The number of halogens is 3. The molecule has 0 radical (unpaired) electrons. The Labute approximate surface area is 110 Å². The molecule has 0 fully saturated rings. The topological polar surface area (TPSA) is 59.8 Å². The van der Waals surface area contributed by atoms with Gasteiger partial charge in [-0.3, -0.25) is 9.48 Å². The van der Waals surface area contributed by atoms with Crippen LogP contribution in [0.2, 0.25) is 0 Å². The fourth-order valence-corrected chi connectivity index (χ4v) is 2.01. The number of carbonyl (C=O) groups is 1. The number of thiazole rings is 1. The molecular weight excluding hydrogens is 281 g/mol. The Hall–Kier alpha value is -1.90. The molecule has 0 unspecified atom stereocenters. The van der Waals surface area contributed by atoms with Crippen LogP contribution in [0.15, 0.2) is 17.8 Å². The maximum atomic E-state index is 12.3. The number of nitrogens with one attached hydrogen (secondary N) is 1. The van der Waals surface area contributed by atoms with Gasteiger partial charge in [-0.05, 0) is 0 Å². The minimum atomic E-state index is -4.52. The van der Waals surface area contributed by atoms with Gasteiger partial charge in [0.2, 0.25) is 0 Å². The molecule has 0 saturated heterocycles. The van der Waals surface area contributed by atoms with Gasteiger partial charge in [0.25, 0.3) is 5.91 Å². The van der Waals surface area contributed by atoms with E-state index in [2.05, 4.69) is 15.4 Å². The molecule has 0 aliphatic rings. The van der Waals surface area contributed by atoms with Gasteiger partial charge in [-0.2, -0.15) is 18.3 Å². The van der Waals surface area contributed by atoms with E-state index < -0.39 is 17.1 Å². The summed E-state index contributed by atoms with van der Waals surface area (Å²) in [6.07, 6.45) is -1.27. The number of carbonyl (C=O) groups excluding carboxylic acids is 1. The fourth-order valence-electron chi connectivity index (χ4n) is 1.34. The van der Waals surface area contributed by atoms with Crippen LogP contribution in [-0.2, 0) is 19.8 Å². The van der Waals surface area contributed by atoms with E-state index in [1.807, 2.05) is 0 Å². The molecule has 102 valence electrons. The van der Waals surface area contributed by atoms with Crippen molar-refractivity contribution < 1.29 is 18.0 Å². The number of aryl methyl sites for hydroxylation is 1. The second-order valence-electron chi connectivity index (χ2n) is 3.74. The van der Waals surface area contributed by atoms with Gasteiger partial charge >= 0.3 is 6.18 Å². The van der Waals surface area contributed by atoms with Crippen molar-refractivity contribution in [2.45, 2.75) is 12.7 Å². The number of rotatable bonds is 3. The first kappa shape index (κ1) is 13.5. The van der Waals surface area contributed by atoms with Crippen LogP contribution >= 0.6 is 11.3 Å². The molecule has 2 rings (SSSR count). The molecule has 9 heteroatoms. The van der Waals surface area contributed by atoms with Crippen LogP contribution in [0, 0.1) is 0 Å². The summed E-state index contributed by atoms with van der Waals surface area (Å²) in [5.74, 6) is -0.643. The van der Waals surface area contributed by atoms with Gasteiger partial charge in [-0.1, -0.05) is 0 Å². The van der Waals surface area contributed by atoms with Gasteiger partial charge in [-0.15, -0.1) is 11.3 Å². The Kier molecular flexibility index (Phi) is 3.56. The predicted octanol–water partition coefficient (Wildman–Crippen LogP) is 1.83. The van der Waals surface area contributed by atoms with E-state index in [0.29, 0.717) is 11.3 Å². The van der Waals surface area contributed by atoms with Gasteiger partial charge in [-0.25, -0.2) is 4.98 Å². The summed E-state index contributed by atoms with van der Waals surface area (Å²) in [5, 5.41) is 6.44. The predicted molar refractivity (Wildman–Crippen MR) is 61.5 cm³/mol. The second-order valence-corrected chi connectivity index (χ2v) is 4.60. The van der Waals surface area contributed by atoms with Crippen LogP contribution in [0.5, 0.6) is 0 Å². The van der Waals surface area contributed by atoms with Crippen molar-refractivity contribution in [3.63, 3.8) is 0 Å².